The van der Waals surface area contributed by atoms with Crippen LogP contribution in [-0.4, -0.2) is 136 Å². The summed E-state index contributed by atoms with van der Waals surface area (Å²) in [6.45, 7) is -1.06. The predicted octanol–water partition coefficient (Wildman–Crippen LogP) is -5.68. The highest BCUT2D eigenvalue weighted by atomic mass is 19.1. The SMILES string of the molecule is N[C@@H]1CC[C@@H]([C@H](N)CF)OC1[C@H]1[C@H](O)[C@@H](O)[C@H](N)C[C@@H]1NN[C@@H]1CC[C@@H]([C@@H](N)CO)O[C@@H]1C1[C@@H](N)C[C@@H](N)[C@H](O)[C@H]1O. The number of halogens is 1. The first kappa shape index (κ1) is 34.2. The van der Waals surface area contributed by atoms with Crippen molar-refractivity contribution < 1.29 is 39.4 Å². The van der Waals surface area contributed by atoms with Gasteiger partial charge < -0.3 is 69.4 Å². The molecule has 2 saturated carbocycles. The average Bonchev–Trinajstić information content (AvgIpc) is 2.97. The molecule has 16 heteroatoms. The third-order valence-electron chi connectivity index (χ3n) is 9.98. The van der Waals surface area contributed by atoms with Crippen molar-refractivity contribution in [2.75, 3.05) is 13.3 Å². The van der Waals surface area contributed by atoms with Crippen LogP contribution in [0, 0.1) is 11.8 Å². The first-order valence-corrected chi connectivity index (χ1v) is 15.1. The van der Waals surface area contributed by atoms with Gasteiger partial charge in [0.2, 0.25) is 0 Å². The Balaban J connectivity index is 1.55. The van der Waals surface area contributed by atoms with E-state index in [4.69, 9.17) is 43.9 Å². The lowest BCUT2D eigenvalue weighted by molar-refractivity contribution is -0.171. The summed E-state index contributed by atoms with van der Waals surface area (Å²) in [7, 11) is 0. The monoisotopic (exact) mass is 608 g/mol. The van der Waals surface area contributed by atoms with E-state index in [1.165, 1.54) is 0 Å². The van der Waals surface area contributed by atoms with Crippen LogP contribution >= 0.6 is 0 Å². The van der Waals surface area contributed by atoms with Crippen LogP contribution in [0.4, 0.5) is 4.39 Å². The van der Waals surface area contributed by atoms with Crippen LogP contribution in [0.3, 0.4) is 0 Å². The number of alkyl halides is 1. The summed E-state index contributed by atoms with van der Waals surface area (Å²) in [5.41, 5.74) is 43.6. The van der Waals surface area contributed by atoms with Crippen LogP contribution in [0.2, 0.25) is 0 Å². The molecule has 0 bridgehead atoms. The van der Waals surface area contributed by atoms with Crippen molar-refractivity contribution in [2.24, 2.45) is 46.2 Å². The first-order valence-electron chi connectivity index (χ1n) is 15.1. The standard InChI is InChI=1S/C26H53FN8O7/c27-7-13(32)17-3-1-9(28)25(41-17)20-16(6-12(31)22(38)24(20)40)35-34-15-2-4-18(14(33)8-36)42-26(15)19-10(29)5-11(30)21(37)23(19)39/h9-26,34-40H,1-8,28-33H2/t9-,10+,11-,12-,13-,14+,15-,16+,17+,18+,19?,20-,21+,22+,23+,24+,25?,26+/m1/s1. The maximum Gasteiger partial charge on any atom is 0.107 e. The quantitative estimate of drug-likeness (QED) is 0.109. The van der Waals surface area contributed by atoms with Crippen LogP contribution in [0.5, 0.6) is 0 Å². The molecule has 18 atom stereocenters. The molecule has 0 aromatic carbocycles. The Bertz CT molecular complexity index is 858. The Hall–Kier alpha value is -0.670. The average molecular weight is 609 g/mol. The highest BCUT2D eigenvalue weighted by Gasteiger charge is 2.52. The number of nitrogens with one attached hydrogen (secondary N) is 2. The zero-order chi connectivity index (χ0) is 30.9. The molecule has 0 spiro atoms. The van der Waals surface area contributed by atoms with E-state index in [1.807, 2.05) is 0 Å². The summed E-state index contributed by atoms with van der Waals surface area (Å²) in [6.07, 6.45) is -5.07. The number of hydrogen-bond donors (Lipinski definition) is 13. The van der Waals surface area contributed by atoms with Crippen LogP contribution in [0.25, 0.3) is 0 Å². The molecule has 4 rings (SSSR count). The second kappa shape index (κ2) is 14.6. The van der Waals surface area contributed by atoms with Crippen molar-refractivity contribution in [2.45, 2.75) is 136 Å². The maximum absolute atomic E-state index is 13.4. The maximum atomic E-state index is 13.4. The molecule has 0 aromatic heterocycles. The van der Waals surface area contributed by atoms with E-state index in [2.05, 4.69) is 10.9 Å². The Morgan fingerprint density at radius 3 is 1.83 bits per heavy atom. The van der Waals surface area contributed by atoms with Gasteiger partial charge in [-0.05, 0) is 38.5 Å². The van der Waals surface area contributed by atoms with Gasteiger partial charge in [0.15, 0.2) is 0 Å². The summed E-state index contributed by atoms with van der Waals surface area (Å²) in [6, 6.07) is -5.02. The highest BCUT2D eigenvalue weighted by molar-refractivity contribution is 5.06. The van der Waals surface area contributed by atoms with E-state index in [0.717, 1.165) is 0 Å². The summed E-state index contributed by atoms with van der Waals surface area (Å²) < 4.78 is 25.9. The third kappa shape index (κ3) is 7.08. The second-order valence-corrected chi connectivity index (χ2v) is 12.8. The molecule has 4 aliphatic rings. The number of nitrogens with two attached hydrogens (primary N) is 6. The molecule has 4 fully saturated rings. The molecular formula is C26H53FN8O7. The van der Waals surface area contributed by atoms with E-state index >= 15 is 0 Å². The molecule has 0 aromatic rings. The van der Waals surface area contributed by atoms with E-state index in [0.29, 0.717) is 25.7 Å². The minimum Gasteiger partial charge on any atom is -0.395 e. The Morgan fingerprint density at radius 1 is 0.643 bits per heavy atom. The number of hydrazine groups is 1. The largest absolute Gasteiger partial charge is 0.395 e. The van der Waals surface area contributed by atoms with Gasteiger partial charge in [-0.3, -0.25) is 10.9 Å². The fourth-order valence-electron chi connectivity index (χ4n) is 7.39. The molecule has 0 radical (unpaired) electrons. The summed E-state index contributed by atoms with van der Waals surface area (Å²) in [5.74, 6) is -1.43. The molecular weight excluding hydrogens is 555 g/mol. The van der Waals surface area contributed by atoms with Crippen LogP contribution in [-0.2, 0) is 9.47 Å². The van der Waals surface area contributed by atoms with Gasteiger partial charge in [-0.25, -0.2) is 4.39 Å². The van der Waals surface area contributed by atoms with Gasteiger partial charge in [-0.1, -0.05) is 0 Å². The van der Waals surface area contributed by atoms with Crippen molar-refractivity contribution in [3.63, 3.8) is 0 Å². The predicted molar refractivity (Wildman–Crippen MR) is 151 cm³/mol. The molecule has 0 amide bonds. The Labute approximate surface area is 245 Å². The normalized spacial score (nSPS) is 50.3. The number of ether oxygens (including phenoxy) is 2. The zero-order valence-corrected chi connectivity index (χ0v) is 23.9. The molecule has 246 valence electrons. The lowest BCUT2D eigenvalue weighted by atomic mass is 9.72. The zero-order valence-electron chi connectivity index (χ0n) is 23.9. The summed E-state index contributed by atoms with van der Waals surface area (Å²) >= 11 is 0. The van der Waals surface area contributed by atoms with Crippen LogP contribution < -0.4 is 45.3 Å². The van der Waals surface area contributed by atoms with E-state index in [-0.39, 0.29) is 19.4 Å². The lowest BCUT2D eigenvalue weighted by Gasteiger charge is -2.51. The molecule has 2 aliphatic carbocycles. The number of aliphatic hydroxyl groups is 5. The topological polar surface area (TPSA) is 300 Å². The highest BCUT2D eigenvalue weighted by Crippen LogP contribution is 2.37. The fourth-order valence-corrected chi connectivity index (χ4v) is 7.39. The van der Waals surface area contributed by atoms with Crippen molar-refractivity contribution in [3.8, 4) is 0 Å². The lowest BCUT2D eigenvalue weighted by Crippen LogP contribution is -2.70. The fraction of sp³-hybridized carbons (Fsp3) is 1.00. The van der Waals surface area contributed by atoms with E-state index < -0.39 is 116 Å². The van der Waals surface area contributed by atoms with Gasteiger partial charge in [0.05, 0.1) is 67.5 Å². The molecule has 2 saturated heterocycles. The van der Waals surface area contributed by atoms with Gasteiger partial charge >= 0.3 is 0 Å². The van der Waals surface area contributed by atoms with Gasteiger partial charge in [0.1, 0.15) is 6.67 Å². The minimum absolute atomic E-state index is 0.248. The number of hydrogen-bond acceptors (Lipinski definition) is 15. The van der Waals surface area contributed by atoms with Crippen molar-refractivity contribution >= 4 is 0 Å². The second-order valence-electron chi connectivity index (χ2n) is 12.8. The van der Waals surface area contributed by atoms with E-state index in [9.17, 15) is 29.9 Å². The van der Waals surface area contributed by atoms with Crippen molar-refractivity contribution in [1.82, 2.24) is 10.9 Å². The van der Waals surface area contributed by atoms with Crippen molar-refractivity contribution in [3.05, 3.63) is 0 Å². The molecule has 2 unspecified atom stereocenters. The van der Waals surface area contributed by atoms with Gasteiger partial charge in [-0.15, -0.1) is 0 Å². The summed E-state index contributed by atoms with van der Waals surface area (Å²) in [5, 5.41) is 53.1. The third-order valence-corrected chi connectivity index (χ3v) is 9.98. The summed E-state index contributed by atoms with van der Waals surface area (Å²) in [4.78, 5) is 0. The smallest absolute Gasteiger partial charge is 0.107 e. The molecule has 42 heavy (non-hydrogen) atoms. The minimum atomic E-state index is -1.29. The molecule has 15 nitrogen and oxygen atoms in total. The number of aliphatic hydroxyl groups excluding tert-OH is 5. The molecule has 19 N–H and O–H groups in total. The molecule has 2 aliphatic heterocycles. The number of rotatable bonds is 9. The Morgan fingerprint density at radius 2 is 1.19 bits per heavy atom. The van der Waals surface area contributed by atoms with Crippen LogP contribution in [0.15, 0.2) is 0 Å². The van der Waals surface area contributed by atoms with Crippen molar-refractivity contribution in [1.29, 1.82) is 0 Å². The van der Waals surface area contributed by atoms with E-state index in [1.54, 1.807) is 0 Å². The molecule has 2 heterocycles. The van der Waals surface area contributed by atoms with Gasteiger partial charge in [0.25, 0.3) is 0 Å². The van der Waals surface area contributed by atoms with Crippen LogP contribution in [0.1, 0.15) is 38.5 Å². The Kier molecular flexibility index (Phi) is 11.9. The van der Waals surface area contributed by atoms with Gasteiger partial charge in [0, 0.05) is 48.1 Å². The first-order chi connectivity index (χ1) is 19.9. The van der Waals surface area contributed by atoms with Gasteiger partial charge in [-0.2, -0.15) is 0 Å².